The minimum atomic E-state index is 0.000337. The van der Waals surface area contributed by atoms with E-state index < -0.39 is 0 Å². The van der Waals surface area contributed by atoms with Crippen LogP contribution in [0, 0.1) is 20.8 Å². The van der Waals surface area contributed by atoms with Gasteiger partial charge in [-0.1, -0.05) is 60.7 Å². The first-order valence-corrected chi connectivity index (χ1v) is 12.2. The first kappa shape index (κ1) is 23.5. The van der Waals surface area contributed by atoms with Gasteiger partial charge in [0.25, 0.3) is 0 Å². The van der Waals surface area contributed by atoms with Gasteiger partial charge in [0.05, 0.1) is 17.9 Å². The number of rotatable bonds is 8. The van der Waals surface area contributed by atoms with Crippen LogP contribution >= 0.6 is 0 Å². The number of amides is 1. The minimum absolute atomic E-state index is 0.000337. The van der Waals surface area contributed by atoms with Crippen molar-refractivity contribution < 1.29 is 4.79 Å². The van der Waals surface area contributed by atoms with E-state index in [-0.39, 0.29) is 5.91 Å². The maximum absolute atomic E-state index is 12.8. The molecule has 1 amide bonds. The summed E-state index contributed by atoms with van der Waals surface area (Å²) in [6, 6.07) is 22.3. The molecule has 0 atom stereocenters. The van der Waals surface area contributed by atoms with Crippen LogP contribution in [0.15, 0.2) is 72.9 Å². The third-order valence-electron chi connectivity index (χ3n) is 6.44. The summed E-state index contributed by atoms with van der Waals surface area (Å²) in [4.78, 5) is 17.5. The third-order valence-corrected chi connectivity index (χ3v) is 6.44. The number of fused-ring (bicyclic) bond motifs is 1. The molecule has 0 aliphatic heterocycles. The Hall–Kier alpha value is -4.26. The summed E-state index contributed by atoms with van der Waals surface area (Å²) >= 11 is 0. The Labute approximate surface area is 210 Å². The summed E-state index contributed by atoms with van der Waals surface area (Å²) in [5.74, 6) is 0.000337. The second-order valence-corrected chi connectivity index (χ2v) is 9.15. The van der Waals surface area contributed by atoms with Crippen molar-refractivity contribution in [2.45, 2.75) is 46.7 Å². The Balaban J connectivity index is 1.29. The molecule has 5 aromatic rings. The van der Waals surface area contributed by atoms with Gasteiger partial charge in [0, 0.05) is 47.7 Å². The van der Waals surface area contributed by atoms with Gasteiger partial charge in [0.15, 0.2) is 5.65 Å². The summed E-state index contributed by atoms with van der Waals surface area (Å²) < 4.78 is 3.81. The third kappa shape index (κ3) is 5.05. The van der Waals surface area contributed by atoms with E-state index in [1.807, 2.05) is 90.8 Å². The Morgan fingerprint density at radius 1 is 0.944 bits per heavy atom. The van der Waals surface area contributed by atoms with Crippen molar-refractivity contribution in [2.24, 2.45) is 0 Å². The van der Waals surface area contributed by atoms with Crippen LogP contribution in [-0.2, 0) is 24.3 Å². The molecule has 0 saturated heterocycles. The quantitative estimate of drug-likeness (QED) is 0.347. The lowest BCUT2D eigenvalue weighted by atomic mass is 10.1. The van der Waals surface area contributed by atoms with Crippen molar-refractivity contribution in [2.75, 3.05) is 0 Å². The van der Waals surface area contributed by atoms with Crippen LogP contribution < -0.4 is 5.32 Å². The molecule has 0 spiro atoms. The molecule has 2 aromatic carbocycles. The molecular formula is C29H30N6O. The van der Waals surface area contributed by atoms with Crippen molar-refractivity contribution in [3.8, 4) is 11.3 Å². The number of carbonyl (C=O) groups is 1. The van der Waals surface area contributed by atoms with E-state index in [4.69, 9.17) is 5.10 Å². The van der Waals surface area contributed by atoms with Crippen molar-refractivity contribution in [1.29, 1.82) is 0 Å². The molecule has 7 heteroatoms. The van der Waals surface area contributed by atoms with Gasteiger partial charge in [-0.15, -0.1) is 0 Å². The molecule has 3 aromatic heterocycles. The van der Waals surface area contributed by atoms with Crippen LogP contribution in [0.25, 0.3) is 16.9 Å². The highest BCUT2D eigenvalue weighted by Crippen LogP contribution is 2.23. The van der Waals surface area contributed by atoms with Crippen LogP contribution in [0.2, 0.25) is 0 Å². The van der Waals surface area contributed by atoms with Crippen LogP contribution in [-0.4, -0.2) is 30.3 Å². The Morgan fingerprint density at radius 2 is 1.67 bits per heavy atom. The molecule has 1 N–H and O–H groups in total. The lowest BCUT2D eigenvalue weighted by Crippen LogP contribution is -2.23. The molecular weight excluding hydrogens is 448 g/mol. The predicted molar refractivity (Wildman–Crippen MR) is 141 cm³/mol. The van der Waals surface area contributed by atoms with Crippen molar-refractivity contribution in [1.82, 2.24) is 29.7 Å². The second kappa shape index (κ2) is 10.2. The Kier molecular flexibility index (Phi) is 6.62. The number of nitrogens with zero attached hydrogens (tertiary/aromatic N) is 5. The normalized spacial score (nSPS) is 11.2. The van der Waals surface area contributed by atoms with E-state index in [9.17, 15) is 4.79 Å². The molecule has 0 aliphatic carbocycles. The van der Waals surface area contributed by atoms with Gasteiger partial charge in [0.1, 0.15) is 0 Å². The van der Waals surface area contributed by atoms with Crippen LogP contribution in [0.4, 0.5) is 0 Å². The molecule has 0 bridgehead atoms. The van der Waals surface area contributed by atoms with E-state index >= 15 is 0 Å². The van der Waals surface area contributed by atoms with E-state index in [1.165, 1.54) is 5.56 Å². The van der Waals surface area contributed by atoms with Gasteiger partial charge >= 0.3 is 0 Å². The lowest BCUT2D eigenvalue weighted by Gasteiger charge is -2.11. The number of carbonyl (C=O) groups excluding carboxylic acids is 1. The molecule has 3 heterocycles. The number of hydrogen-bond donors (Lipinski definition) is 1. The van der Waals surface area contributed by atoms with Gasteiger partial charge < -0.3 is 5.32 Å². The molecule has 0 saturated carbocycles. The standard InChI is InChI=1S/C29H30N6O/c1-20-16-27-31-21(2)26(22(3)35(27)32-20)14-15-28(36)30-17-25-19-34(18-23-10-6-4-7-11-23)33-29(25)24-12-8-5-9-13-24/h4-13,16,19H,14-15,17-18H2,1-3H3,(H,30,36). The number of benzene rings is 2. The van der Waals surface area contributed by atoms with Gasteiger partial charge in [-0.05, 0) is 38.3 Å². The topological polar surface area (TPSA) is 77.1 Å². The van der Waals surface area contributed by atoms with E-state index in [1.54, 1.807) is 0 Å². The highest BCUT2D eigenvalue weighted by molar-refractivity contribution is 5.76. The predicted octanol–water partition coefficient (Wildman–Crippen LogP) is 4.82. The maximum Gasteiger partial charge on any atom is 0.220 e. The molecule has 36 heavy (non-hydrogen) atoms. The fourth-order valence-corrected chi connectivity index (χ4v) is 4.61. The number of hydrogen-bond acceptors (Lipinski definition) is 4. The van der Waals surface area contributed by atoms with Crippen molar-refractivity contribution >= 4 is 11.6 Å². The molecule has 5 rings (SSSR count). The SMILES string of the molecule is Cc1cc2nc(C)c(CCC(=O)NCc3cn(Cc4ccccc4)nc3-c3ccccc3)c(C)n2n1. The fourth-order valence-electron chi connectivity index (χ4n) is 4.61. The Bertz CT molecular complexity index is 1500. The van der Waals surface area contributed by atoms with Gasteiger partial charge in [0.2, 0.25) is 5.91 Å². The Morgan fingerprint density at radius 3 is 2.42 bits per heavy atom. The highest BCUT2D eigenvalue weighted by atomic mass is 16.1. The van der Waals surface area contributed by atoms with Crippen LogP contribution in [0.3, 0.4) is 0 Å². The smallest absolute Gasteiger partial charge is 0.220 e. The van der Waals surface area contributed by atoms with Gasteiger partial charge in [-0.3, -0.25) is 9.48 Å². The van der Waals surface area contributed by atoms with E-state index in [2.05, 4.69) is 27.5 Å². The van der Waals surface area contributed by atoms with Crippen LogP contribution in [0.1, 0.15) is 40.2 Å². The summed E-state index contributed by atoms with van der Waals surface area (Å²) in [5.41, 5.74) is 8.93. The molecule has 0 aliphatic rings. The van der Waals surface area contributed by atoms with Crippen molar-refractivity contribution in [3.63, 3.8) is 0 Å². The number of aryl methyl sites for hydroxylation is 3. The summed E-state index contributed by atoms with van der Waals surface area (Å²) in [7, 11) is 0. The zero-order valence-corrected chi connectivity index (χ0v) is 20.9. The molecule has 0 fully saturated rings. The average Bonchev–Trinajstić information content (AvgIpc) is 3.46. The minimum Gasteiger partial charge on any atom is -0.352 e. The average molecular weight is 479 g/mol. The second-order valence-electron chi connectivity index (χ2n) is 9.15. The van der Waals surface area contributed by atoms with Crippen molar-refractivity contribution in [3.05, 3.63) is 107 Å². The zero-order chi connectivity index (χ0) is 25.1. The largest absolute Gasteiger partial charge is 0.352 e. The summed E-state index contributed by atoms with van der Waals surface area (Å²) in [6.07, 6.45) is 3.03. The molecule has 0 unspecified atom stereocenters. The first-order valence-electron chi connectivity index (χ1n) is 12.2. The molecule has 182 valence electrons. The van der Waals surface area contributed by atoms with Gasteiger partial charge in [-0.2, -0.15) is 10.2 Å². The number of nitrogens with one attached hydrogen (secondary N) is 1. The van der Waals surface area contributed by atoms with E-state index in [0.29, 0.717) is 25.9 Å². The maximum atomic E-state index is 12.8. The summed E-state index contributed by atoms with van der Waals surface area (Å²) in [5, 5.41) is 12.5. The highest BCUT2D eigenvalue weighted by Gasteiger charge is 2.15. The first-order chi connectivity index (χ1) is 17.5. The van der Waals surface area contributed by atoms with Crippen LogP contribution in [0.5, 0.6) is 0 Å². The van der Waals surface area contributed by atoms with E-state index in [0.717, 1.165) is 45.1 Å². The monoisotopic (exact) mass is 478 g/mol. The molecule has 0 radical (unpaired) electrons. The number of aromatic nitrogens is 5. The lowest BCUT2D eigenvalue weighted by molar-refractivity contribution is -0.121. The summed E-state index contributed by atoms with van der Waals surface area (Å²) in [6.45, 7) is 7.09. The zero-order valence-electron chi connectivity index (χ0n) is 20.9. The fraction of sp³-hybridized carbons (Fsp3) is 0.241. The van der Waals surface area contributed by atoms with Gasteiger partial charge in [-0.25, -0.2) is 9.50 Å². The molecule has 7 nitrogen and oxygen atoms in total.